The molecule has 0 spiro atoms. The van der Waals surface area contributed by atoms with Gasteiger partial charge in [0.1, 0.15) is 0 Å². The number of nitrogens with one attached hydrogen (secondary N) is 2. The van der Waals surface area contributed by atoms with Gasteiger partial charge in [-0.05, 0) is 34.7 Å². The van der Waals surface area contributed by atoms with Crippen LogP contribution in [0.5, 0.6) is 0 Å². The number of fused-ring (bicyclic) bond motifs is 2. The standard InChI is InChI=1S/C18H18N2O2/c21-17-13-6-2-1-4-11(13)8-16(17)20-18(22)14-7-3-5-12-9-19-10-15(12)14/h1-7,16-17,19,21H,8-10H2,(H,20,22)/t16-,17-/m0/s1. The van der Waals surface area contributed by atoms with E-state index in [1.165, 1.54) is 5.56 Å². The van der Waals surface area contributed by atoms with Crippen molar-refractivity contribution in [3.05, 3.63) is 70.3 Å². The first-order valence-corrected chi connectivity index (χ1v) is 7.62. The molecule has 0 radical (unpaired) electrons. The molecule has 2 aromatic rings. The lowest BCUT2D eigenvalue weighted by molar-refractivity contribution is 0.0857. The van der Waals surface area contributed by atoms with E-state index in [1.54, 1.807) is 0 Å². The molecule has 0 aromatic heterocycles. The Labute approximate surface area is 129 Å². The Morgan fingerprint density at radius 1 is 1.09 bits per heavy atom. The van der Waals surface area contributed by atoms with E-state index in [1.807, 2.05) is 42.5 Å². The first kappa shape index (κ1) is 13.5. The van der Waals surface area contributed by atoms with E-state index in [9.17, 15) is 9.90 Å². The van der Waals surface area contributed by atoms with Crippen molar-refractivity contribution in [1.82, 2.24) is 10.6 Å². The Morgan fingerprint density at radius 3 is 2.77 bits per heavy atom. The summed E-state index contributed by atoms with van der Waals surface area (Å²) in [5.41, 5.74) is 5.01. The number of amides is 1. The second-order valence-electron chi connectivity index (χ2n) is 5.97. The third-order valence-corrected chi connectivity index (χ3v) is 4.65. The van der Waals surface area contributed by atoms with E-state index in [-0.39, 0.29) is 11.9 Å². The van der Waals surface area contributed by atoms with Gasteiger partial charge in [-0.15, -0.1) is 0 Å². The minimum Gasteiger partial charge on any atom is -0.386 e. The Kier molecular flexibility index (Phi) is 3.21. The highest BCUT2D eigenvalue weighted by atomic mass is 16.3. The number of aliphatic hydroxyl groups excluding tert-OH is 1. The van der Waals surface area contributed by atoms with Crippen LogP contribution in [0.15, 0.2) is 42.5 Å². The smallest absolute Gasteiger partial charge is 0.251 e. The molecule has 1 amide bonds. The Bertz CT molecular complexity index is 742. The van der Waals surface area contributed by atoms with Crippen LogP contribution < -0.4 is 10.6 Å². The van der Waals surface area contributed by atoms with Crippen LogP contribution in [-0.4, -0.2) is 17.1 Å². The number of benzene rings is 2. The van der Waals surface area contributed by atoms with Crippen LogP contribution >= 0.6 is 0 Å². The average Bonchev–Trinajstić information content (AvgIpc) is 3.13. The molecule has 0 saturated carbocycles. The Balaban J connectivity index is 1.56. The van der Waals surface area contributed by atoms with Gasteiger partial charge < -0.3 is 15.7 Å². The van der Waals surface area contributed by atoms with E-state index in [0.717, 1.165) is 29.8 Å². The predicted octanol–water partition coefficient (Wildman–Crippen LogP) is 1.68. The average molecular weight is 294 g/mol. The minimum atomic E-state index is -0.630. The second-order valence-corrected chi connectivity index (χ2v) is 5.97. The van der Waals surface area contributed by atoms with Crippen LogP contribution in [0.25, 0.3) is 0 Å². The first-order valence-electron chi connectivity index (χ1n) is 7.62. The van der Waals surface area contributed by atoms with Crippen LogP contribution in [0.2, 0.25) is 0 Å². The predicted molar refractivity (Wildman–Crippen MR) is 83.3 cm³/mol. The Hall–Kier alpha value is -2.17. The normalized spacial score (nSPS) is 22.2. The van der Waals surface area contributed by atoms with Crippen LogP contribution in [0.1, 0.15) is 38.7 Å². The molecule has 1 heterocycles. The number of carbonyl (C=O) groups is 1. The highest BCUT2D eigenvalue weighted by molar-refractivity contribution is 5.96. The molecule has 2 atom stereocenters. The summed E-state index contributed by atoms with van der Waals surface area (Å²) in [5.74, 6) is -0.0996. The summed E-state index contributed by atoms with van der Waals surface area (Å²) < 4.78 is 0. The highest BCUT2D eigenvalue weighted by Crippen LogP contribution is 2.31. The summed E-state index contributed by atoms with van der Waals surface area (Å²) in [6.45, 7) is 1.54. The SMILES string of the molecule is O=C(N[C@H]1Cc2ccccc2[C@@H]1O)c1cccc2c1CNC2. The number of hydrogen-bond donors (Lipinski definition) is 3. The quantitative estimate of drug-likeness (QED) is 0.790. The van der Waals surface area contributed by atoms with E-state index in [0.29, 0.717) is 12.0 Å². The van der Waals surface area contributed by atoms with Crippen molar-refractivity contribution >= 4 is 5.91 Å². The number of rotatable bonds is 2. The molecule has 4 rings (SSSR count). The molecule has 0 fully saturated rings. The zero-order valence-corrected chi connectivity index (χ0v) is 12.2. The summed E-state index contributed by atoms with van der Waals surface area (Å²) in [4.78, 5) is 12.6. The van der Waals surface area contributed by atoms with Crippen molar-refractivity contribution in [2.24, 2.45) is 0 Å². The minimum absolute atomic E-state index is 0.0996. The fourth-order valence-corrected chi connectivity index (χ4v) is 3.49. The summed E-state index contributed by atoms with van der Waals surface area (Å²) in [5, 5.41) is 16.7. The maximum atomic E-state index is 12.6. The molecule has 0 unspecified atom stereocenters. The third-order valence-electron chi connectivity index (χ3n) is 4.65. The fraction of sp³-hybridized carbons (Fsp3) is 0.278. The van der Waals surface area contributed by atoms with Crippen LogP contribution in [0.3, 0.4) is 0 Å². The maximum absolute atomic E-state index is 12.6. The van der Waals surface area contributed by atoms with Crippen molar-refractivity contribution in [2.75, 3.05) is 0 Å². The molecule has 1 aliphatic heterocycles. The molecule has 22 heavy (non-hydrogen) atoms. The molecule has 3 N–H and O–H groups in total. The lowest BCUT2D eigenvalue weighted by atomic mass is 10.0. The van der Waals surface area contributed by atoms with Crippen molar-refractivity contribution in [2.45, 2.75) is 31.7 Å². The van der Waals surface area contributed by atoms with Gasteiger partial charge >= 0.3 is 0 Å². The van der Waals surface area contributed by atoms with E-state index < -0.39 is 6.10 Å². The summed E-state index contributed by atoms with van der Waals surface area (Å²) >= 11 is 0. The summed E-state index contributed by atoms with van der Waals surface area (Å²) in [7, 11) is 0. The first-order chi connectivity index (χ1) is 10.7. The second kappa shape index (κ2) is 5.23. The Morgan fingerprint density at radius 2 is 1.91 bits per heavy atom. The molecule has 2 aromatic carbocycles. The molecular formula is C18H18N2O2. The van der Waals surface area contributed by atoms with Gasteiger partial charge in [0.05, 0.1) is 12.1 Å². The van der Waals surface area contributed by atoms with Crippen molar-refractivity contribution in [3.8, 4) is 0 Å². The summed E-state index contributed by atoms with van der Waals surface area (Å²) in [6.07, 6.45) is 0.0473. The fourth-order valence-electron chi connectivity index (χ4n) is 3.49. The van der Waals surface area contributed by atoms with Gasteiger partial charge in [-0.1, -0.05) is 36.4 Å². The number of aliphatic hydroxyl groups is 1. The van der Waals surface area contributed by atoms with E-state index >= 15 is 0 Å². The molecule has 112 valence electrons. The van der Waals surface area contributed by atoms with Crippen LogP contribution in [-0.2, 0) is 19.5 Å². The molecular weight excluding hydrogens is 276 g/mol. The topological polar surface area (TPSA) is 61.4 Å². The molecule has 2 aliphatic rings. The van der Waals surface area contributed by atoms with Gasteiger partial charge in [0.15, 0.2) is 0 Å². The highest BCUT2D eigenvalue weighted by Gasteiger charge is 2.32. The van der Waals surface area contributed by atoms with Crippen molar-refractivity contribution in [1.29, 1.82) is 0 Å². The van der Waals surface area contributed by atoms with Gasteiger partial charge in [-0.3, -0.25) is 4.79 Å². The number of hydrogen-bond acceptors (Lipinski definition) is 3. The molecule has 4 heteroatoms. The maximum Gasteiger partial charge on any atom is 0.251 e. The van der Waals surface area contributed by atoms with Crippen LogP contribution in [0.4, 0.5) is 0 Å². The monoisotopic (exact) mass is 294 g/mol. The molecule has 0 saturated heterocycles. The lowest BCUT2D eigenvalue weighted by Crippen LogP contribution is -2.38. The zero-order valence-electron chi connectivity index (χ0n) is 12.2. The van der Waals surface area contributed by atoms with E-state index in [2.05, 4.69) is 10.6 Å². The van der Waals surface area contributed by atoms with Gasteiger partial charge in [-0.25, -0.2) is 0 Å². The zero-order chi connectivity index (χ0) is 15.1. The third kappa shape index (κ3) is 2.12. The van der Waals surface area contributed by atoms with Crippen LogP contribution in [0, 0.1) is 0 Å². The lowest BCUT2D eigenvalue weighted by Gasteiger charge is -2.18. The molecule has 1 aliphatic carbocycles. The van der Waals surface area contributed by atoms with Gasteiger partial charge in [0.2, 0.25) is 0 Å². The molecule has 0 bridgehead atoms. The van der Waals surface area contributed by atoms with Gasteiger partial charge in [0.25, 0.3) is 5.91 Å². The van der Waals surface area contributed by atoms with Crippen molar-refractivity contribution in [3.63, 3.8) is 0 Å². The van der Waals surface area contributed by atoms with Gasteiger partial charge in [-0.2, -0.15) is 0 Å². The summed E-state index contributed by atoms with van der Waals surface area (Å²) in [6, 6.07) is 13.4. The largest absolute Gasteiger partial charge is 0.386 e. The van der Waals surface area contributed by atoms with Gasteiger partial charge in [0, 0.05) is 18.7 Å². The number of carbonyl (C=O) groups excluding carboxylic acids is 1. The molecule has 4 nitrogen and oxygen atoms in total. The van der Waals surface area contributed by atoms with E-state index in [4.69, 9.17) is 0 Å². The van der Waals surface area contributed by atoms with Crippen molar-refractivity contribution < 1.29 is 9.90 Å².